The van der Waals surface area contributed by atoms with Gasteiger partial charge in [-0.05, 0) is 36.1 Å². The largest absolute Gasteiger partial charge is 0.369 e. The van der Waals surface area contributed by atoms with E-state index in [-0.39, 0.29) is 17.9 Å². The molecule has 6 nitrogen and oxygen atoms in total. The summed E-state index contributed by atoms with van der Waals surface area (Å²) in [5, 5.41) is 9.67. The van der Waals surface area contributed by atoms with E-state index in [1.165, 1.54) is 0 Å². The quantitative estimate of drug-likeness (QED) is 0.461. The van der Waals surface area contributed by atoms with Crippen molar-refractivity contribution in [3.8, 4) is 11.3 Å². The highest BCUT2D eigenvalue weighted by Crippen LogP contribution is 2.24. The number of aromatic amines is 1. The molecule has 156 valence electrons. The zero-order valence-corrected chi connectivity index (χ0v) is 16.2. The Bertz CT molecular complexity index is 1000. The van der Waals surface area contributed by atoms with Gasteiger partial charge in [0.2, 0.25) is 11.8 Å². The molecule has 1 unspecified atom stereocenters. The number of carbonyl (C=O) groups excluding carboxylic acids is 2. The molecule has 2 amide bonds. The molecule has 8 heteroatoms. The molecule has 0 spiro atoms. The van der Waals surface area contributed by atoms with Crippen LogP contribution in [0.4, 0.5) is 14.6 Å². The van der Waals surface area contributed by atoms with Gasteiger partial charge in [0.25, 0.3) is 0 Å². The van der Waals surface area contributed by atoms with E-state index >= 15 is 0 Å². The van der Waals surface area contributed by atoms with Gasteiger partial charge in [-0.3, -0.25) is 14.7 Å². The van der Waals surface area contributed by atoms with Gasteiger partial charge in [0.1, 0.15) is 11.6 Å². The SMILES string of the molecule is NC(=O)C(CCCCC(=O)Nc1cc(-c2ccccc2)[nH]n1)c1cc(F)cc(F)c1. The van der Waals surface area contributed by atoms with Gasteiger partial charge in [0.05, 0.1) is 11.6 Å². The molecule has 30 heavy (non-hydrogen) atoms. The molecule has 0 aliphatic heterocycles. The van der Waals surface area contributed by atoms with Crippen LogP contribution in [0, 0.1) is 11.6 Å². The fraction of sp³-hybridized carbons (Fsp3) is 0.227. The van der Waals surface area contributed by atoms with Crippen LogP contribution < -0.4 is 11.1 Å². The molecule has 4 N–H and O–H groups in total. The minimum Gasteiger partial charge on any atom is -0.369 e. The van der Waals surface area contributed by atoms with Gasteiger partial charge in [-0.25, -0.2) is 8.78 Å². The lowest BCUT2D eigenvalue weighted by atomic mass is 9.92. The van der Waals surface area contributed by atoms with Crippen molar-refractivity contribution in [2.24, 2.45) is 5.73 Å². The van der Waals surface area contributed by atoms with E-state index < -0.39 is 23.5 Å². The number of anilines is 1. The summed E-state index contributed by atoms with van der Waals surface area (Å²) in [7, 11) is 0. The fourth-order valence-electron chi connectivity index (χ4n) is 3.24. The molecule has 0 saturated carbocycles. The third-order valence-corrected chi connectivity index (χ3v) is 4.71. The second-order valence-corrected chi connectivity index (χ2v) is 6.98. The fourth-order valence-corrected chi connectivity index (χ4v) is 3.24. The maximum atomic E-state index is 13.4. The van der Waals surface area contributed by atoms with Crippen LogP contribution in [0.15, 0.2) is 54.6 Å². The van der Waals surface area contributed by atoms with E-state index in [2.05, 4.69) is 15.5 Å². The molecule has 0 bridgehead atoms. The molecule has 1 aromatic heterocycles. The number of nitrogens with two attached hydrogens (primary N) is 1. The third-order valence-electron chi connectivity index (χ3n) is 4.71. The normalized spacial score (nSPS) is 11.8. The van der Waals surface area contributed by atoms with Crippen molar-refractivity contribution >= 4 is 17.6 Å². The maximum Gasteiger partial charge on any atom is 0.225 e. The number of nitrogens with one attached hydrogen (secondary N) is 2. The van der Waals surface area contributed by atoms with E-state index in [9.17, 15) is 18.4 Å². The average Bonchev–Trinajstić information content (AvgIpc) is 3.16. The van der Waals surface area contributed by atoms with E-state index in [1.54, 1.807) is 6.07 Å². The Hall–Kier alpha value is -3.55. The molecule has 0 saturated heterocycles. The number of benzene rings is 2. The Morgan fingerprint density at radius 3 is 2.40 bits per heavy atom. The number of amides is 2. The van der Waals surface area contributed by atoms with Crippen LogP contribution in [-0.2, 0) is 9.59 Å². The second-order valence-electron chi connectivity index (χ2n) is 6.98. The van der Waals surface area contributed by atoms with Crippen LogP contribution in [0.2, 0.25) is 0 Å². The van der Waals surface area contributed by atoms with Crippen molar-refractivity contribution in [1.82, 2.24) is 10.2 Å². The zero-order valence-electron chi connectivity index (χ0n) is 16.2. The molecule has 2 aromatic carbocycles. The first-order valence-corrected chi connectivity index (χ1v) is 9.58. The van der Waals surface area contributed by atoms with Crippen LogP contribution in [0.5, 0.6) is 0 Å². The summed E-state index contributed by atoms with van der Waals surface area (Å²) >= 11 is 0. The smallest absolute Gasteiger partial charge is 0.225 e. The Morgan fingerprint density at radius 2 is 1.73 bits per heavy atom. The lowest BCUT2D eigenvalue weighted by Crippen LogP contribution is -2.22. The summed E-state index contributed by atoms with van der Waals surface area (Å²) in [6.07, 6.45) is 1.50. The summed E-state index contributed by atoms with van der Waals surface area (Å²) in [6.45, 7) is 0. The van der Waals surface area contributed by atoms with Crippen molar-refractivity contribution in [3.05, 3.63) is 71.8 Å². The van der Waals surface area contributed by atoms with Crippen LogP contribution in [-0.4, -0.2) is 22.0 Å². The lowest BCUT2D eigenvalue weighted by Gasteiger charge is -2.14. The van der Waals surface area contributed by atoms with Gasteiger partial charge in [0, 0.05) is 18.6 Å². The van der Waals surface area contributed by atoms with E-state index in [0.29, 0.717) is 25.1 Å². The molecule has 0 aliphatic carbocycles. The topological polar surface area (TPSA) is 101 Å². The molecular formula is C22H22F2N4O2. The Morgan fingerprint density at radius 1 is 1.03 bits per heavy atom. The summed E-state index contributed by atoms with van der Waals surface area (Å²) in [5.41, 5.74) is 7.34. The number of primary amides is 1. The maximum absolute atomic E-state index is 13.4. The molecule has 0 aliphatic rings. The Labute approximate surface area is 172 Å². The third kappa shape index (κ3) is 5.73. The number of rotatable bonds is 9. The van der Waals surface area contributed by atoms with E-state index in [0.717, 1.165) is 29.5 Å². The Kier molecular flexibility index (Phi) is 6.90. The average molecular weight is 412 g/mol. The first-order valence-electron chi connectivity index (χ1n) is 9.58. The number of carbonyl (C=O) groups is 2. The summed E-state index contributed by atoms with van der Waals surface area (Å²) in [5.74, 6) is -2.78. The molecule has 0 radical (unpaired) electrons. The van der Waals surface area contributed by atoms with Crippen LogP contribution in [0.1, 0.15) is 37.2 Å². The second kappa shape index (κ2) is 9.78. The zero-order chi connectivity index (χ0) is 21.5. The van der Waals surface area contributed by atoms with Gasteiger partial charge in [-0.15, -0.1) is 0 Å². The highest BCUT2D eigenvalue weighted by molar-refractivity contribution is 5.90. The number of hydrogen-bond donors (Lipinski definition) is 3. The number of hydrogen-bond acceptors (Lipinski definition) is 3. The molecule has 3 aromatic rings. The summed E-state index contributed by atoms with van der Waals surface area (Å²) in [6, 6.07) is 14.3. The van der Waals surface area contributed by atoms with Gasteiger partial charge in [-0.2, -0.15) is 5.10 Å². The molecule has 0 fully saturated rings. The van der Waals surface area contributed by atoms with Gasteiger partial charge in [0.15, 0.2) is 5.82 Å². The number of halogens is 2. The Balaban J connectivity index is 1.48. The highest BCUT2D eigenvalue weighted by atomic mass is 19.1. The number of nitrogens with zero attached hydrogens (tertiary/aromatic N) is 1. The highest BCUT2D eigenvalue weighted by Gasteiger charge is 2.19. The first-order chi connectivity index (χ1) is 14.4. The lowest BCUT2D eigenvalue weighted by molar-refractivity contribution is -0.119. The van der Waals surface area contributed by atoms with Crippen LogP contribution in [0.25, 0.3) is 11.3 Å². The predicted molar refractivity (Wildman–Crippen MR) is 109 cm³/mol. The summed E-state index contributed by atoms with van der Waals surface area (Å²) < 4.78 is 26.8. The van der Waals surface area contributed by atoms with Crippen molar-refractivity contribution in [2.45, 2.75) is 31.6 Å². The minimum absolute atomic E-state index is 0.203. The van der Waals surface area contributed by atoms with Crippen molar-refractivity contribution in [3.63, 3.8) is 0 Å². The van der Waals surface area contributed by atoms with Gasteiger partial charge < -0.3 is 11.1 Å². The molecule has 1 atom stereocenters. The van der Waals surface area contributed by atoms with Crippen LogP contribution >= 0.6 is 0 Å². The van der Waals surface area contributed by atoms with Crippen molar-refractivity contribution in [1.29, 1.82) is 0 Å². The predicted octanol–water partition coefficient (Wildman–Crippen LogP) is 4.12. The molecule has 1 heterocycles. The first kappa shape index (κ1) is 21.2. The van der Waals surface area contributed by atoms with Gasteiger partial charge in [-0.1, -0.05) is 36.8 Å². The van der Waals surface area contributed by atoms with Gasteiger partial charge >= 0.3 is 0 Å². The number of unbranched alkanes of at least 4 members (excludes halogenated alkanes) is 1. The minimum atomic E-state index is -0.807. The standard InChI is InChI=1S/C22H22F2N4O2/c23-16-10-15(11-17(24)12-16)18(22(25)30)8-4-5-9-21(29)26-20-13-19(27-28-20)14-6-2-1-3-7-14/h1-3,6-7,10-13,18H,4-5,8-9H2,(H2,25,30)(H2,26,27,28,29). The monoisotopic (exact) mass is 412 g/mol. The number of aromatic nitrogens is 2. The number of H-pyrrole nitrogens is 1. The van der Waals surface area contributed by atoms with Crippen molar-refractivity contribution in [2.75, 3.05) is 5.32 Å². The molecular weight excluding hydrogens is 390 g/mol. The van der Waals surface area contributed by atoms with Crippen LogP contribution in [0.3, 0.4) is 0 Å². The summed E-state index contributed by atoms with van der Waals surface area (Å²) in [4.78, 5) is 23.8. The van der Waals surface area contributed by atoms with E-state index in [4.69, 9.17) is 5.73 Å². The molecule has 3 rings (SSSR count). The van der Waals surface area contributed by atoms with Crippen molar-refractivity contribution < 1.29 is 18.4 Å². The van der Waals surface area contributed by atoms with E-state index in [1.807, 2.05) is 30.3 Å².